The molecule has 0 spiro atoms. The minimum absolute atomic E-state index is 0.323. The molecule has 0 atom stereocenters. The van der Waals surface area contributed by atoms with Gasteiger partial charge in [0.25, 0.3) is 0 Å². The van der Waals surface area contributed by atoms with Crippen LogP contribution in [0.25, 0.3) is 0 Å². The van der Waals surface area contributed by atoms with Gasteiger partial charge in [-0.15, -0.1) is 0 Å². The summed E-state index contributed by atoms with van der Waals surface area (Å²) in [6.07, 6.45) is 10.0. The van der Waals surface area contributed by atoms with E-state index in [0.717, 1.165) is 0 Å². The summed E-state index contributed by atoms with van der Waals surface area (Å²) in [6, 6.07) is 0. The van der Waals surface area contributed by atoms with Crippen LogP contribution in [0.15, 0.2) is 12.2 Å². The van der Waals surface area contributed by atoms with Crippen molar-refractivity contribution in [2.45, 2.75) is 32.1 Å². The lowest BCUT2D eigenvalue weighted by molar-refractivity contribution is 0.0817. The maximum absolute atomic E-state index is 10.6. The summed E-state index contributed by atoms with van der Waals surface area (Å²) in [5, 5.41) is 0. The van der Waals surface area contributed by atoms with Crippen LogP contribution in [-0.2, 0) is 9.47 Å². The van der Waals surface area contributed by atoms with Gasteiger partial charge in [-0.25, -0.2) is 4.79 Å². The van der Waals surface area contributed by atoms with Crippen molar-refractivity contribution in [3.05, 3.63) is 12.2 Å². The third kappa shape index (κ3) is 4.30. The Labute approximate surface area is 85.1 Å². The van der Waals surface area contributed by atoms with Crippen LogP contribution in [0, 0.1) is 5.92 Å². The third-order valence-electron chi connectivity index (χ3n) is 2.52. The van der Waals surface area contributed by atoms with Crippen LogP contribution >= 0.6 is 0 Å². The van der Waals surface area contributed by atoms with Gasteiger partial charge in [0.2, 0.25) is 0 Å². The van der Waals surface area contributed by atoms with E-state index in [4.69, 9.17) is 4.74 Å². The molecular weight excluding hydrogens is 180 g/mol. The minimum Gasteiger partial charge on any atom is -0.438 e. The molecule has 3 nitrogen and oxygen atoms in total. The topological polar surface area (TPSA) is 35.5 Å². The quantitative estimate of drug-likeness (QED) is 0.516. The molecule has 0 saturated heterocycles. The number of ether oxygens (including phenoxy) is 2. The molecule has 0 aromatic heterocycles. The molecule has 0 amide bonds. The van der Waals surface area contributed by atoms with E-state index in [2.05, 4.69) is 10.8 Å². The summed E-state index contributed by atoms with van der Waals surface area (Å²) in [5.41, 5.74) is 0. The van der Waals surface area contributed by atoms with E-state index in [0.29, 0.717) is 12.5 Å². The van der Waals surface area contributed by atoms with Crippen LogP contribution in [-0.4, -0.2) is 19.9 Å². The summed E-state index contributed by atoms with van der Waals surface area (Å²) < 4.78 is 9.08. The second kappa shape index (κ2) is 6.46. The predicted molar refractivity (Wildman–Crippen MR) is 54.1 cm³/mol. The van der Waals surface area contributed by atoms with E-state index in [1.54, 1.807) is 0 Å². The number of hydrogen-bond acceptors (Lipinski definition) is 3. The largest absolute Gasteiger partial charge is 0.508 e. The Morgan fingerprint density at radius 1 is 1.36 bits per heavy atom. The Morgan fingerprint density at radius 3 is 2.71 bits per heavy atom. The molecule has 0 aliphatic heterocycles. The lowest BCUT2D eigenvalue weighted by atomic mass is 9.89. The fourth-order valence-corrected chi connectivity index (χ4v) is 1.75. The number of carbonyl (C=O) groups is 1. The highest BCUT2D eigenvalue weighted by atomic mass is 16.7. The average molecular weight is 198 g/mol. The summed E-state index contributed by atoms with van der Waals surface area (Å²) in [4.78, 5) is 10.6. The molecule has 0 aromatic carbocycles. The van der Waals surface area contributed by atoms with Crippen molar-refractivity contribution in [3.63, 3.8) is 0 Å². The number of rotatable bonds is 3. The standard InChI is InChI=1S/C11H18O3/c1-13-11(12)14-9-5-8-10-6-3-2-4-7-10/h5,8,10H,2-4,6-7,9H2,1H3. The van der Waals surface area contributed by atoms with E-state index in [1.807, 2.05) is 6.08 Å². The molecule has 1 rings (SSSR count). The van der Waals surface area contributed by atoms with E-state index in [1.165, 1.54) is 39.2 Å². The maximum atomic E-state index is 10.6. The van der Waals surface area contributed by atoms with Crippen molar-refractivity contribution < 1.29 is 14.3 Å². The Morgan fingerprint density at radius 2 is 2.07 bits per heavy atom. The van der Waals surface area contributed by atoms with Gasteiger partial charge in [0, 0.05) is 0 Å². The van der Waals surface area contributed by atoms with Crippen molar-refractivity contribution in [1.29, 1.82) is 0 Å². The van der Waals surface area contributed by atoms with Gasteiger partial charge in [-0.1, -0.05) is 31.4 Å². The monoisotopic (exact) mass is 198 g/mol. The van der Waals surface area contributed by atoms with Gasteiger partial charge < -0.3 is 9.47 Å². The number of methoxy groups -OCH3 is 1. The normalized spacial score (nSPS) is 18.4. The van der Waals surface area contributed by atoms with Gasteiger partial charge in [0.1, 0.15) is 6.61 Å². The molecule has 0 aromatic rings. The van der Waals surface area contributed by atoms with Crippen LogP contribution in [0.3, 0.4) is 0 Å². The molecule has 1 fully saturated rings. The van der Waals surface area contributed by atoms with Gasteiger partial charge in [0.15, 0.2) is 0 Å². The highest BCUT2D eigenvalue weighted by Crippen LogP contribution is 2.24. The summed E-state index contributed by atoms with van der Waals surface area (Å²) in [5.74, 6) is 0.685. The van der Waals surface area contributed by atoms with Crippen molar-refractivity contribution in [3.8, 4) is 0 Å². The number of carbonyl (C=O) groups excluding carboxylic acids is 1. The molecule has 80 valence electrons. The molecule has 1 aliphatic carbocycles. The summed E-state index contributed by atoms with van der Waals surface area (Å²) in [7, 11) is 1.31. The lowest BCUT2D eigenvalue weighted by Gasteiger charge is -2.17. The molecule has 14 heavy (non-hydrogen) atoms. The zero-order valence-electron chi connectivity index (χ0n) is 8.70. The molecule has 0 unspecified atom stereocenters. The molecule has 3 heteroatoms. The first-order chi connectivity index (χ1) is 6.83. The molecule has 0 N–H and O–H groups in total. The number of hydrogen-bond donors (Lipinski definition) is 0. The van der Waals surface area contributed by atoms with Crippen LogP contribution < -0.4 is 0 Å². The predicted octanol–water partition coefficient (Wildman–Crippen LogP) is 2.91. The van der Waals surface area contributed by atoms with Crippen molar-refractivity contribution in [2.24, 2.45) is 5.92 Å². The first-order valence-corrected chi connectivity index (χ1v) is 5.20. The molecule has 1 saturated carbocycles. The van der Waals surface area contributed by atoms with Gasteiger partial charge in [-0.3, -0.25) is 0 Å². The van der Waals surface area contributed by atoms with Crippen LogP contribution in [0.2, 0.25) is 0 Å². The Balaban J connectivity index is 2.09. The SMILES string of the molecule is COC(=O)OCC=CC1CCCCC1. The van der Waals surface area contributed by atoms with Gasteiger partial charge in [-0.05, 0) is 18.8 Å². The van der Waals surface area contributed by atoms with E-state index < -0.39 is 6.16 Å². The van der Waals surface area contributed by atoms with Crippen LogP contribution in [0.1, 0.15) is 32.1 Å². The second-order valence-corrected chi connectivity index (χ2v) is 3.59. The van der Waals surface area contributed by atoms with E-state index in [-0.39, 0.29) is 0 Å². The highest BCUT2D eigenvalue weighted by molar-refractivity contribution is 5.59. The summed E-state index contributed by atoms with van der Waals surface area (Å²) in [6.45, 7) is 0.323. The fourth-order valence-electron chi connectivity index (χ4n) is 1.75. The first kappa shape index (κ1) is 11.1. The smallest absolute Gasteiger partial charge is 0.438 e. The fraction of sp³-hybridized carbons (Fsp3) is 0.727. The Kier molecular flexibility index (Phi) is 5.12. The van der Waals surface area contributed by atoms with Gasteiger partial charge in [0.05, 0.1) is 7.11 Å². The maximum Gasteiger partial charge on any atom is 0.508 e. The third-order valence-corrected chi connectivity index (χ3v) is 2.52. The van der Waals surface area contributed by atoms with E-state index in [9.17, 15) is 4.79 Å². The lowest BCUT2D eigenvalue weighted by Crippen LogP contribution is -2.05. The Bertz CT molecular complexity index is 193. The average Bonchev–Trinajstić information content (AvgIpc) is 2.25. The van der Waals surface area contributed by atoms with Crippen LogP contribution in [0.5, 0.6) is 0 Å². The molecule has 0 bridgehead atoms. The molecule has 0 radical (unpaired) electrons. The number of allylic oxidation sites excluding steroid dienone is 1. The molecule has 1 aliphatic rings. The Hall–Kier alpha value is -0.990. The molecular formula is C11H18O3. The zero-order chi connectivity index (χ0) is 10.2. The zero-order valence-corrected chi connectivity index (χ0v) is 8.70. The van der Waals surface area contributed by atoms with Crippen molar-refractivity contribution in [1.82, 2.24) is 0 Å². The molecule has 0 heterocycles. The first-order valence-electron chi connectivity index (χ1n) is 5.20. The minimum atomic E-state index is -0.613. The van der Waals surface area contributed by atoms with E-state index >= 15 is 0 Å². The van der Waals surface area contributed by atoms with Crippen molar-refractivity contribution in [2.75, 3.05) is 13.7 Å². The van der Waals surface area contributed by atoms with Gasteiger partial charge in [-0.2, -0.15) is 0 Å². The van der Waals surface area contributed by atoms with Crippen molar-refractivity contribution >= 4 is 6.16 Å². The highest BCUT2D eigenvalue weighted by Gasteiger charge is 2.09. The van der Waals surface area contributed by atoms with Crippen LogP contribution in [0.4, 0.5) is 4.79 Å². The summed E-state index contributed by atoms with van der Waals surface area (Å²) >= 11 is 0. The van der Waals surface area contributed by atoms with Gasteiger partial charge >= 0.3 is 6.16 Å². The second-order valence-electron chi connectivity index (χ2n) is 3.59.